The molecule has 0 aliphatic rings. The van der Waals surface area contributed by atoms with Gasteiger partial charge in [-0.3, -0.25) is 0 Å². The van der Waals surface area contributed by atoms with E-state index in [4.69, 9.17) is 0 Å². The van der Waals surface area contributed by atoms with Crippen LogP contribution in [-0.2, 0) is 10.0 Å². The molecule has 96 valence electrons. The summed E-state index contributed by atoms with van der Waals surface area (Å²) in [5.41, 5.74) is -0.216. The minimum absolute atomic E-state index is 0.0811. The van der Waals surface area contributed by atoms with E-state index in [1.54, 1.807) is 27.7 Å². The van der Waals surface area contributed by atoms with Crippen LogP contribution in [0.15, 0.2) is 21.5 Å². The first-order valence-corrected chi connectivity index (χ1v) is 7.30. The SMILES string of the molecule is Cc1c(F)cc(S(=O)(=O)NC(C)(C)C)cc1Br. The lowest BCUT2D eigenvalue weighted by Crippen LogP contribution is -2.40. The van der Waals surface area contributed by atoms with Gasteiger partial charge < -0.3 is 0 Å². The Kier molecular flexibility index (Phi) is 4.01. The molecular weight excluding hydrogens is 309 g/mol. The Morgan fingerprint density at radius 2 is 1.82 bits per heavy atom. The highest BCUT2D eigenvalue weighted by Gasteiger charge is 2.23. The first-order valence-electron chi connectivity index (χ1n) is 5.02. The van der Waals surface area contributed by atoms with Crippen LogP contribution in [0.2, 0.25) is 0 Å². The van der Waals surface area contributed by atoms with Crippen molar-refractivity contribution in [2.45, 2.75) is 38.1 Å². The summed E-state index contributed by atoms with van der Waals surface area (Å²) in [6, 6.07) is 2.42. The van der Waals surface area contributed by atoms with E-state index >= 15 is 0 Å². The third-order valence-electron chi connectivity index (χ3n) is 2.01. The van der Waals surface area contributed by atoms with Crippen molar-refractivity contribution < 1.29 is 12.8 Å². The molecular formula is C11H15BrFNO2S. The van der Waals surface area contributed by atoms with Gasteiger partial charge in [0.05, 0.1) is 4.90 Å². The molecule has 0 fully saturated rings. The topological polar surface area (TPSA) is 46.2 Å². The van der Waals surface area contributed by atoms with E-state index in [9.17, 15) is 12.8 Å². The van der Waals surface area contributed by atoms with Gasteiger partial charge in [-0.1, -0.05) is 15.9 Å². The zero-order chi connectivity index (χ0) is 13.4. The second kappa shape index (κ2) is 4.66. The van der Waals surface area contributed by atoms with Crippen molar-refractivity contribution in [3.63, 3.8) is 0 Å². The Bertz CT molecular complexity index is 512. The zero-order valence-corrected chi connectivity index (χ0v) is 12.5. The molecule has 17 heavy (non-hydrogen) atoms. The van der Waals surface area contributed by atoms with Gasteiger partial charge in [-0.05, 0) is 45.4 Å². The molecule has 6 heteroatoms. The number of hydrogen-bond donors (Lipinski definition) is 1. The van der Waals surface area contributed by atoms with Crippen molar-refractivity contribution in [2.75, 3.05) is 0 Å². The molecule has 0 unspecified atom stereocenters. The largest absolute Gasteiger partial charge is 0.241 e. The summed E-state index contributed by atoms with van der Waals surface area (Å²) >= 11 is 3.14. The number of halogens is 2. The number of rotatable bonds is 2. The minimum Gasteiger partial charge on any atom is -0.207 e. The molecule has 0 aliphatic heterocycles. The predicted octanol–water partition coefficient (Wildman–Crippen LogP) is 2.97. The van der Waals surface area contributed by atoms with Crippen LogP contribution >= 0.6 is 15.9 Å². The van der Waals surface area contributed by atoms with Gasteiger partial charge in [0.15, 0.2) is 0 Å². The Balaban J connectivity index is 3.26. The molecule has 1 aromatic carbocycles. The van der Waals surface area contributed by atoms with E-state index in [0.29, 0.717) is 10.0 Å². The average Bonchev–Trinajstić information content (AvgIpc) is 2.09. The first kappa shape index (κ1) is 14.6. The third-order valence-corrected chi connectivity index (χ3v) is 4.57. The molecule has 0 saturated carbocycles. The van der Waals surface area contributed by atoms with E-state index < -0.39 is 21.4 Å². The maximum absolute atomic E-state index is 13.5. The minimum atomic E-state index is -3.70. The van der Waals surface area contributed by atoms with Crippen molar-refractivity contribution in [2.24, 2.45) is 0 Å². The molecule has 1 rings (SSSR count). The Morgan fingerprint density at radius 1 is 1.29 bits per heavy atom. The monoisotopic (exact) mass is 323 g/mol. The highest BCUT2D eigenvalue weighted by Crippen LogP contribution is 2.24. The fraction of sp³-hybridized carbons (Fsp3) is 0.455. The predicted molar refractivity (Wildman–Crippen MR) is 68.9 cm³/mol. The molecule has 0 heterocycles. The summed E-state index contributed by atoms with van der Waals surface area (Å²) in [7, 11) is -3.70. The van der Waals surface area contributed by atoms with Crippen LogP contribution in [0.25, 0.3) is 0 Å². The van der Waals surface area contributed by atoms with Gasteiger partial charge in [0.1, 0.15) is 5.82 Å². The van der Waals surface area contributed by atoms with E-state index in [1.807, 2.05) is 0 Å². The number of sulfonamides is 1. The fourth-order valence-corrected chi connectivity index (χ4v) is 3.28. The van der Waals surface area contributed by atoms with E-state index in [2.05, 4.69) is 20.7 Å². The van der Waals surface area contributed by atoms with Crippen LogP contribution < -0.4 is 4.72 Å². The highest BCUT2D eigenvalue weighted by molar-refractivity contribution is 9.10. The zero-order valence-electron chi connectivity index (χ0n) is 10.1. The van der Waals surface area contributed by atoms with Gasteiger partial charge in [-0.2, -0.15) is 0 Å². The van der Waals surface area contributed by atoms with Crippen molar-refractivity contribution in [1.82, 2.24) is 4.72 Å². The summed E-state index contributed by atoms with van der Waals surface area (Å²) in [6.07, 6.45) is 0. The van der Waals surface area contributed by atoms with Gasteiger partial charge >= 0.3 is 0 Å². The van der Waals surface area contributed by atoms with Gasteiger partial charge in [-0.15, -0.1) is 0 Å². The van der Waals surface area contributed by atoms with Crippen LogP contribution in [-0.4, -0.2) is 14.0 Å². The fourth-order valence-electron chi connectivity index (χ4n) is 1.24. The van der Waals surface area contributed by atoms with E-state index in [1.165, 1.54) is 6.07 Å². The lowest BCUT2D eigenvalue weighted by atomic mass is 10.1. The summed E-state index contributed by atoms with van der Waals surface area (Å²) in [5, 5.41) is 0. The molecule has 1 aromatic rings. The molecule has 0 aromatic heterocycles. The van der Waals surface area contributed by atoms with Crippen LogP contribution in [0.4, 0.5) is 4.39 Å². The quantitative estimate of drug-likeness (QED) is 0.909. The molecule has 0 aliphatic carbocycles. The highest BCUT2D eigenvalue weighted by atomic mass is 79.9. The van der Waals surface area contributed by atoms with Gasteiger partial charge in [0.25, 0.3) is 0 Å². The van der Waals surface area contributed by atoms with Gasteiger partial charge in [-0.25, -0.2) is 17.5 Å². The van der Waals surface area contributed by atoms with Crippen molar-refractivity contribution in [3.8, 4) is 0 Å². The molecule has 0 bridgehead atoms. The number of hydrogen-bond acceptors (Lipinski definition) is 2. The summed E-state index contributed by atoms with van der Waals surface area (Å²) < 4.78 is 40.3. The van der Waals surface area contributed by atoms with E-state index in [0.717, 1.165) is 6.07 Å². The standard InChI is InChI=1S/C11H15BrFNO2S/c1-7-9(12)5-8(6-10(7)13)17(15,16)14-11(2,3)4/h5-6,14H,1-4H3. The van der Waals surface area contributed by atoms with Crippen LogP contribution in [0.5, 0.6) is 0 Å². The Morgan fingerprint density at radius 3 is 2.24 bits per heavy atom. The first-order chi connectivity index (χ1) is 7.53. The van der Waals surface area contributed by atoms with Crippen molar-refractivity contribution >= 4 is 26.0 Å². The Hall–Kier alpha value is -0.460. The summed E-state index contributed by atoms with van der Waals surface area (Å²) in [6.45, 7) is 6.76. The number of benzene rings is 1. The van der Waals surface area contributed by atoms with Crippen molar-refractivity contribution in [1.29, 1.82) is 0 Å². The Labute approximate surface area is 110 Å². The lowest BCUT2D eigenvalue weighted by molar-refractivity contribution is 0.490. The molecule has 1 N–H and O–H groups in total. The maximum atomic E-state index is 13.5. The smallest absolute Gasteiger partial charge is 0.207 e. The maximum Gasteiger partial charge on any atom is 0.241 e. The van der Waals surface area contributed by atoms with Crippen LogP contribution in [0, 0.1) is 12.7 Å². The second-order valence-electron chi connectivity index (χ2n) is 4.87. The summed E-state index contributed by atoms with van der Waals surface area (Å²) in [5.74, 6) is -0.548. The lowest BCUT2D eigenvalue weighted by Gasteiger charge is -2.20. The molecule has 0 saturated heterocycles. The van der Waals surface area contributed by atoms with Crippen LogP contribution in [0.3, 0.4) is 0 Å². The van der Waals surface area contributed by atoms with E-state index in [-0.39, 0.29) is 4.90 Å². The molecule has 0 amide bonds. The normalized spacial score (nSPS) is 12.8. The summed E-state index contributed by atoms with van der Waals surface area (Å²) in [4.78, 5) is -0.0811. The molecule has 0 radical (unpaired) electrons. The number of nitrogens with one attached hydrogen (secondary N) is 1. The average molecular weight is 324 g/mol. The molecule has 0 spiro atoms. The third kappa shape index (κ3) is 3.76. The van der Waals surface area contributed by atoms with Crippen LogP contribution in [0.1, 0.15) is 26.3 Å². The molecule has 0 atom stereocenters. The van der Waals surface area contributed by atoms with Gasteiger partial charge in [0.2, 0.25) is 10.0 Å². The van der Waals surface area contributed by atoms with Crippen molar-refractivity contribution in [3.05, 3.63) is 28.0 Å². The molecule has 3 nitrogen and oxygen atoms in total. The second-order valence-corrected chi connectivity index (χ2v) is 7.40. The van der Waals surface area contributed by atoms with Gasteiger partial charge in [0, 0.05) is 10.0 Å².